The molecule has 1 aliphatic carbocycles. The van der Waals surface area contributed by atoms with E-state index in [0.717, 1.165) is 57.1 Å². The number of rotatable bonds is 10. The van der Waals surface area contributed by atoms with Gasteiger partial charge in [0.05, 0.1) is 13.2 Å². The van der Waals surface area contributed by atoms with Crippen LogP contribution in [0.25, 0.3) is 11.1 Å². The Balaban J connectivity index is 1.10. The third-order valence-corrected chi connectivity index (χ3v) is 7.00. The average Bonchev–Trinajstić information content (AvgIpc) is 3.55. The van der Waals surface area contributed by atoms with Crippen LogP contribution in [0.1, 0.15) is 49.7 Å². The Morgan fingerprint density at radius 1 is 0.613 bits per heavy atom. The maximum Gasteiger partial charge on any atom is 0.119 e. The van der Waals surface area contributed by atoms with Crippen molar-refractivity contribution in [3.8, 4) is 22.6 Å². The summed E-state index contributed by atoms with van der Waals surface area (Å²) in [6.45, 7) is 8.99. The Hall–Kier alpha value is -2.04. The van der Waals surface area contributed by atoms with Crippen LogP contribution < -0.4 is 9.47 Å². The standard InChI is InChI=1S/C27H36N2O2/c1-2-12-28(11-1)15-5-17-30-24-7-9-26-22(20-24)19-23-21-25(8-10-27(23)26)31-18-6-16-29-13-3-4-14-29/h7-10,20-21H,1-6,11-19H2. The maximum absolute atomic E-state index is 6.07. The van der Waals surface area contributed by atoms with E-state index in [1.807, 2.05) is 0 Å². The van der Waals surface area contributed by atoms with Gasteiger partial charge in [-0.15, -0.1) is 0 Å². The molecule has 3 aliphatic rings. The molecule has 0 bridgehead atoms. The van der Waals surface area contributed by atoms with Crippen molar-refractivity contribution in [1.29, 1.82) is 0 Å². The second-order valence-electron chi connectivity index (χ2n) is 9.32. The molecular weight excluding hydrogens is 384 g/mol. The largest absolute Gasteiger partial charge is 0.494 e. The molecule has 2 aromatic rings. The molecule has 0 aromatic heterocycles. The van der Waals surface area contributed by atoms with Crippen LogP contribution in [0.15, 0.2) is 36.4 Å². The topological polar surface area (TPSA) is 24.9 Å². The van der Waals surface area contributed by atoms with Crippen LogP contribution in [-0.2, 0) is 6.42 Å². The van der Waals surface area contributed by atoms with Crippen molar-refractivity contribution in [2.75, 3.05) is 52.5 Å². The van der Waals surface area contributed by atoms with Crippen molar-refractivity contribution >= 4 is 0 Å². The molecule has 2 fully saturated rings. The van der Waals surface area contributed by atoms with E-state index in [0.29, 0.717) is 0 Å². The van der Waals surface area contributed by atoms with E-state index >= 15 is 0 Å². The van der Waals surface area contributed by atoms with Gasteiger partial charge in [0.25, 0.3) is 0 Å². The summed E-state index contributed by atoms with van der Waals surface area (Å²) in [7, 11) is 0. The zero-order chi connectivity index (χ0) is 20.9. The van der Waals surface area contributed by atoms with E-state index in [4.69, 9.17) is 9.47 Å². The van der Waals surface area contributed by atoms with Crippen LogP contribution in [0.5, 0.6) is 11.5 Å². The van der Waals surface area contributed by atoms with Gasteiger partial charge in [-0.25, -0.2) is 0 Å². The molecule has 2 aliphatic heterocycles. The smallest absolute Gasteiger partial charge is 0.119 e. The van der Waals surface area contributed by atoms with Crippen LogP contribution in [0.3, 0.4) is 0 Å². The van der Waals surface area contributed by atoms with E-state index in [1.54, 1.807) is 0 Å². The highest BCUT2D eigenvalue weighted by atomic mass is 16.5. The first kappa shape index (κ1) is 20.8. The summed E-state index contributed by atoms with van der Waals surface area (Å²) in [5, 5.41) is 0. The second kappa shape index (κ2) is 10.1. The SMILES string of the molecule is c1cc2c(cc1OCCCN1CCCC1)Cc1cc(OCCCN3CCCC3)ccc1-2. The highest BCUT2D eigenvalue weighted by Gasteiger charge is 2.20. The third-order valence-electron chi connectivity index (χ3n) is 7.00. The van der Waals surface area contributed by atoms with Crippen molar-refractivity contribution < 1.29 is 9.47 Å². The number of hydrogen-bond donors (Lipinski definition) is 0. The van der Waals surface area contributed by atoms with Gasteiger partial charge in [0, 0.05) is 13.1 Å². The van der Waals surface area contributed by atoms with Crippen molar-refractivity contribution in [2.24, 2.45) is 0 Å². The minimum atomic E-state index is 0.803. The predicted octanol–water partition coefficient (Wildman–Crippen LogP) is 4.99. The Morgan fingerprint density at radius 3 is 1.52 bits per heavy atom. The van der Waals surface area contributed by atoms with Crippen LogP contribution in [0.4, 0.5) is 0 Å². The first-order chi connectivity index (χ1) is 15.3. The number of hydrogen-bond acceptors (Lipinski definition) is 4. The number of ether oxygens (including phenoxy) is 2. The number of fused-ring (bicyclic) bond motifs is 3. The van der Waals surface area contributed by atoms with E-state index in [-0.39, 0.29) is 0 Å². The predicted molar refractivity (Wildman–Crippen MR) is 126 cm³/mol. The lowest BCUT2D eigenvalue weighted by atomic mass is 10.1. The fourth-order valence-electron chi connectivity index (χ4n) is 5.31. The molecule has 0 unspecified atom stereocenters. The van der Waals surface area contributed by atoms with Gasteiger partial charge < -0.3 is 19.3 Å². The Bertz CT molecular complexity index is 798. The third kappa shape index (κ3) is 5.24. The minimum Gasteiger partial charge on any atom is -0.494 e. The molecule has 0 radical (unpaired) electrons. The number of benzene rings is 2. The molecule has 0 N–H and O–H groups in total. The molecule has 0 saturated carbocycles. The van der Waals surface area contributed by atoms with E-state index in [2.05, 4.69) is 46.2 Å². The molecule has 2 heterocycles. The summed E-state index contributed by atoms with van der Waals surface area (Å²) in [4.78, 5) is 5.10. The lowest BCUT2D eigenvalue weighted by molar-refractivity contribution is 0.263. The molecule has 166 valence electrons. The Kier molecular flexibility index (Phi) is 6.76. The highest BCUT2D eigenvalue weighted by Crippen LogP contribution is 2.39. The summed E-state index contributed by atoms with van der Waals surface area (Å²) >= 11 is 0. The van der Waals surface area contributed by atoms with Gasteiger partial charge in [0.15, 0.2) is 0 Å². The molecule has 2 aromatic carbocycles. The van der Waals surface area contributed by atoms with Gasteiger partial charge >= 0.3 is 0 Å². The fourth-order valence-corrected chi connectivity index (χ4v) is 5.31. The Labute approximate surface area is 187 Å². The lowest BCUT2D eigenvalue weighted by Crippen LogP contribution is -2.21. The molecule has 31 heavy (non-hydrogen) atoms. The van der Waals surface area contributed by atoms with Crippen molar-refractivity contribution in [1.82, 2.24) is 9.80 Å². The molecule has 4 heteroatoms. The van der Waals surface area contributed by atoms with Crippen LogP contribution in [0.2, 0.25) is 0 Å². The van der Waals surface area contributed by atoms with Gasteiger partial charge in [0.2, 0.25) is 0 Å². The highest BCUT2D eigenvalue weighted by molar-refractivity contribution is 5.78. The summed E-state index contributed by atoms with van der Waals surface area (Å²) in [6, 6.07) is 13.2. The Morgan fingerprint density at radius 2 is 1.06 bits per heavy atom. The number of nitrogens with zero attached hydrogens (tertiary/aromatic N) is 2. The number of likely N-dealkylation sites (tertiary alicyclic amines) is 2. The quantitative estimate of drug-likeness (QED) is 0.432. The van der Waals surface area contributed by atoms with Crippen LogP contribution in [0, 0.1) is 0 Å². The first-order valence-corrected chi connectivity index (χ1v) is 12.3. The fraction of sp³-hybridized carbons (Fsp3) is 0.556. The summed E-state index contributed by atoms with van der Waals surface area (Å²) in [5.74, 6) is 2.01. The van der Waals surface area contributed by atoms with Crippen molar-refractivity contribution in [3.05, 3.63) is 47.5 Å². The van der Waals surface area contributed by atoms with Gasteiger partial charge in [0.1, 0.15) is 11.5 Å². The maximum atomic E-state index is 6.07. The van der Waals surface area contributed by atoms with Crippen LogP contribution in [-0.4, -0.2) is 62.3 Å². The van der Waals surface area contributed by atoms with Gasteiger partial charge in [-0.2, -0.15) is 0 Å². The molecule has 0 amide bonds. The first-order valence-electron chi connectivity index (χ1n) is 12.3. The zero-order valence-corrected chi connectivity index (χ0v) is 18.8. The molecule has 0 atom stereocenters. The van der Waals surface area contributed by atoms with E-state index in [1.165, 1.54) is 74.1 Å². The molecular formula is C27H36N2O2. The summed E-state index contributed by atoms with van der Waals surface area (Å²) in [6.07, 6.45) is 8.62. The molecule has 0 spiro atoms. The lowest BCUT2D eigenvalue weighted by Gasteiger charge is -2.14. The summed E-state index contributed by atoms with van der Waals surface area (Å²) in [5.41, 5.74) is 5.44. The van der Waals surface area contributed by atoms with Gasteiger partial charge in [-0.1, -0.05) is 12.1 Å². The molecule has 2 saturated heterocycles. The van der Waals surface area contributed by atoms with Gasteiger partial charge in [-0.3, -0.25) is 0 Å². The monoisotopic (exact) mass is 420 g/mol. The average molecular weight is 421 g/mol. The molecule has 4 nitrogen and oxygen atoms in total. The zero-order valence-electron chi connectivity index (χ0n) is 18.8. The van der Waals surface area contributed by atoms with E-state index < -0.39 is 0 Å². The van der Waals surface area contributed by atoms with Crippen molar-refractivity contribution in [3.63, 3.8) is 0 Å². The minimum absolute atomic E-state index is 0.803. The molecule has 5 rings (SSSR count). The second-order valence-corrected chi connectivity index (χ2v) is 9.32. The van der Waals surface area contributed by atoms with E-state index in [9.17, 15) is 0 Å². The van der Waals surface area contributed by atoms with Crippen molar-refractivity contribution in [2.45, 2.75) is 44.9 Å². The normalized spacial score (nSPS) is 18.3. The van der Waals surface area contributed by atoms with Crippen LogP contribution >= 0.6 is 0 Å². The summed E-state index contributed by atoms with van der Waals surface area (Å²) < 4.78 is 12.1. The van der Waals surface area contributed by atoms with Gasteiger partial charge in [-0.05, 0) is 118 Å².